The first-order chi connectivity index (χ1) is 9.66. The number of carboxylic acids is 1. The first-order valence-corrected chi connectivity index (χ1v) is 7.73. The maximum absolute atomic E-state index is 12.5. The Labute approximate surface area is 121 Å². The van der Waals surface area contributed by atoms with Crippen molar-refractivity contribution < 1.29 is 14.7 Å². The second-order valence-corrected chi connectivity index (χ2v) is 6.07. The van der Waals surface area contributed by atoms with Crippen molar-refractivity contribution in [2.24, 2.45) is 0 Å². The fourth-order valence-electron chi connectivity index (χ4n) is 2.69. The maximum Gasteiger partial charge on any atom is 0.327 e. The van der Waals surface area contributed by atoms with Crippen molar-refractivity contribution >= 4 is 23.6 Å². The van der Waals surface area contributed by atoms with Gasteiger partial charge in [0.05, 0.1) is 11.9 Å². The van der Waals surface area contributed by atoms with Gasteiger partial charge in [0.1, 0.15) is 6.04 Å². The minimum atomic E-state index is -0.917. The lowest BCUT2D eigenvalue weighted by molar-refractivity contribution is -0.148. The molecule has 0 radical (unpaired) electrons. The van der Waals surface area contributed by atoms with E-state index in [1.165, 1.54) is 27.8 Å². The Balaban J connectivity index is 1.74. The monoisotopic (exact) mass is 292 g/mol. The number of fused-ring (bicyclic) bond motifs is 1. The number of hydrogen-bond acceptors (Lipinski definition) is 4. The van der Waals surface area contributed by atoms with Crippen LogP contribution in [0.5, 0.6) is 0 Å². The molecule has 0 saturated carbocycles. The van der Waals surface area contributed by atoms with Gasteiger partial charge < -0.3 is 15.3 Å². The molecule has 1 aromatic rings. The molecule has 1 saturated heterocycles. The lowest BCUT2D eigenvalue weighted by Gasteiger charge is -2.30. The highest BCUT2D eigenvalue weighted by molar-refractivity contribution is 7.99. The van der Waals surface area contributed by atoms with Gasteiger partial charge in [0, 0.05) is 12.3 Å². The molecule has 6 heteroatoms. The Bertz CT molecular complexity index is 549. The van der Waals surface area contributed by atoms with Crippen molar-refractivity contribution in [3.05, 3.63) is 35.4 Å². The van der Waals surface area contributed by atoms with E-state index < -0.39 is 12.0 Å². The predicted molar refractivity (Wildman–Crippen MR) is 76.4 cm³/mol. The summed E-state index contributed by atoms with van der Waals surface area (Å²) in [5, 5.41) is 12.4. The standard InChI is InChI=1S/C14H16N2O3S/c17-13(16-8-20-7-12(16)14(18)19)11-5-9-3-1-2-4-10(9)6-15-11/h1-4,11-12,15H,5-8H2,(H,18,19). The molecular formula is C14H16N2O3S. The van der Waals surface area contributed by atoms with Crippen LogP contribution in [0.4, 0.5) is 0 Å². The number of carbonyl (C=O) groups is 2. The van der Waals surface area contributed by atoms with Crippen molar-refractivity contribution in [1.82, 2.24) is 10.2 Å². The molecule has 2 unspecified atom stereocenters. The summed E-state index contributed by atoms with van der Waals surface area (Å²) in [4.78, 5) is 25.2. The Hall–Kier alpha value is -1.53. The number of nitrogens with one attached hydrogen (secondary N) is 1. The number of carboxylic acid groups (broad SMARTS) is 1. The van der Waals surface area contributed by atoms with Crippen molar-refractivity contribution in [2.45, 2.75) is 25.0 Å². The van der Waals surface area contributed by atoms with Gasteiger partial charge in [0.15, 0.2) is 0 Å². The molecule has 2 aliphatic rings. The average Bonchev–Trinajstić information content (AvgIpc) is 2.95. The van der Waals surface area contributed by atoms with Crippen molar-refractivity contribution in [3.8, 4) is 0 Å². The van der Waals surface area contributed by atoms with E-state index in [2.05, 4.69) is 11.4 Å². The maximum atomic E-state index is 12.5. The lowest BCUT2D eigenvalue weighted by Crippen LogP contribution is -2.52. The topological polar surface area (TPSA) is 69.6 Å². The highest BCUT2D eigenvalue weighted by atomic mass is 32.2. The van der Waals surface area contributed by atoms with Gasteiger partial charge in [-0.05, 0) is 17.5 Å². The minimum absolute atomic E-state index is 0.100. The van der Waals surface area contributed by atoms with Gasteiger partial charge in [0.25, 0.3) is 0 Å². The molecule has 2 aliphatic heterocycles. The van der Waals surface area contributed by atoms with E-state index in [1.807, 2.05) is 18.2 Å². The van der Waals surface area contributed by atoms with Gasteiger partial charge in [-0.2, -0.15) is 0 Å². The van der Waals surface area contributed by atoms with E-state index >= 15 is 0 Å². The molecular weight excluding hydrogens is 276 g/mol. The second-order valence-electron chi connectivity index (χ2n) is 5.07. The van der Waals surface area contributed by atoms with Crippen molar-refractivity contribution in [3.63, 3.8) is 0 Å². The lowest BCUT2D eigenvalue weighted by atomic mass is 9.95. The summed E-state index contributed by atoms with van der Waals surface area (Å²) in [5.74, 6) is -0.0727. The normalized spacial score (nSPS) is 25.3. The van der Waals surface area contributed by atoms with Gasteiger partial charge in [-0.15, -0.1) is 11.8 Å². The third-order valence-electron chi connectivity index (χ3n) is 3.83. The third kappa shape index (κ3) is 2.41. The second kappa shape index (κ2) is 5.46. The zero-order chi connectivity index (χ0) is 14.1. The number of carbonyl (C=O) groups excluding carboxylic acids is 1. The van der Waals surface area contributed by atoms with Gasteiger partial charge in [0.2, 0.25) is 5.91 Å². The molecule has 0 aliphatic carbocycles. The summed E-state index contributed by atoms with van der Waals surface area (Å²) in [6.07, 6.45) is 0.627. The molecule has 2 atom stereocenters. The van der Waals surface area contributed by atoms with E-state index in [9.17, 15) is 9.59 Å². The van der Waals surface area contributed by atoms with Crippen molar-refractivity contribution in [1.29, 1.82) is 0 Å². The van der Waals surface area contributed by atoms with E-state index in [0.29, 0.717) is 24.6 Å². The smallest absolute Gasteiger partial charge is 0.327 e. The summed E-state index contributed by atoms with van der Waals surface area (Å²) in [7, 11) is 0. The van der Waals surface area contributed by atoms with Crippen LogP contribution in [0.3, 0.4) is 0 Å². The number of amides is 1. The van der Waals surface area contributed by atoms with Crippen LogP contribution in [0.1, 0.15) is 11.1 Å². The minimum Gasteiger partial charge on any atom is -0.480 e. The molecule has 0 spiro atoms. The average molecular weight is 292 g/mol. The van der Waals surface area contributed by atoms with E-state index in [-0.39, 0.29) is 11.9 Å². The van der Waals surface area contributed by atoms with Gasteiger partial charge >= 0.3 is 5.97 Å². The van der Waals surface area contributed by atoms with Crippen LogP contribution in [0.15, 0.2) is 24.3 Å². The SMILES string of the molecule is O=C(O)C1CSCN1C(=O)C1Cc2ccccc2CN1. The molecule has 1 aromatic carbocycles. The molecule has 2 heterocycles. The fraction of sp³-hybridized carbons (Fsp3) is 0.429. The Morgan fingerprint density at radius 1 is 1.30 bits per heavy atom. The molecule has 106 valence electrons. The Morgan fingerprint density at radius 3 is 2.80 bits per heavy atom. The van der Waals surface area contributed by atoms with Gasteiger partial charge in [-0.3, -0.25) is 4.79 Å². The molecule has 2 N–H and O–H groups in total. The number of thioether (sulfide) groups is 1. The summed E-state index contributed by atoms with van der Waals surface area (Å²) >= 11 is 1.49. The highest BCUT2D eigenvalue weighted by Gasteiger charge is 2.38. The van der Waals surface area contributed by atoms with Crippen LogP contribution < -0.4 is 5.32 Å². The molecule has 20 heavy (non-hydrogen) atoms. The largest absolute Gasteiger partial charge is 0.480 e. The summed E-state index contributed by atoms with van der Waals surface area (Å²) in [6, 6.07) is 7.04. The molecule has 3 rings (SSSR count). The summed E-state index contributed by atoms with van der Waals surface area (Å²) in [5.41, 5.74) is 2.38. The highest BCUT2D eigenvalue weighted by Crippen LogP contribution is 2.24. The van der Waals surface area contributed by atoms with Gasteiger partial charge in [-0.25, -0.2) is 4.79 Å². The first kappa shape index (κ1) is 13.5. The molecule has 5 nitrogen and oxygen atoms in total. The number of rotatable bonds is 2. The van der Waals surface area contributed by atoms with Crippen LogP contribution in [0.25, 0.3) is 0 Å². The summed E-state index contributed by atoms with van der Waals surface area (Å²) in [6.45, 7) is 0.658. The number of aliphatic carboxylic acids is 1. The quantitative estimate of drug-likeness (QED) is 0.839. The Kier molecular flexibility index (Phi) is 3.67. The number of nitrogens with zero attached hydrogens (tertiary/aromatic N) is 1. The predicted octanol–water partition coefficient (Wildman–Crippen LogP) is 0.687. The summed E-state index contributed by atoms with van der Waals surface area (Å²) < 4.78 is 0. The molecule has 0 bridgehead atoms. The zero-order valence-corrected chi connectivity index (χ0v) is 11.7. The molecule has 1 amide bonds. The van der Waals surface area contributed by atoms with E-state index in [4.69, 9.17) is 5.11 Å². The van der Waals surface area contributed by atoms with Crippen LogP contribution in [-0.2, 0) is 22.6 Å². The van der Waals surface area contributed by atoms with Crippen LogP contribution >= 0.6 is 11.8 Å². The van der Waals surface area contributed by atoms with E-state index in [0.717, 1.165) is 0 Å². The fourth-order valence-corrected chi connectivity index (χ4v) is 3.85. The van der Waals surface area contributed by atoms with Crippen LogP contribution in [0.2, 0.25) is 0 Å². The Morgan fingerprint density at radius 2 is 2.05 bits per heavy atom. The third-order valence-corrected chi connectivity index (χ3v) is 4.84. The first-order valence-electron chi connectivity index (χ1n) is 6.58. The van der Waals surface area contributed by atoms with Crippen LogP contribution in [-0.4, -0.2) is 45.6 Å². The van der Waals surface area contributed by atoms with Gasteiger partial charge in [-0.1, -0.05) is 24.3 Å². The zero-order valence-electron chi connectivity index (χ0n) is 10.9. The number of hydrogen-bond donors (Lipinski definition) is 2. The molecule has 1 fully saturated rings. The number of benzene rings is 1. The molecule has 0 aromatic heterocycles. The van der Waals surface area contributed by atoms with Crippen LogP contribution in [0, 0.1) is 0 Å². The van der Waals surface area contributed by atoms with E-state index in [1.54, 1.807) is 0 Å². The van der Waals surface area contributed by atoms with Crippen molar-refractivity contribution in [2.75, 3.05) is 11.6 Å².